The second kappa shape index (κ2) is 7.87. The lowest BCUT2D eigenvalue weighted by Gasteiger charge is -1.91. The van der Waals surface area contributed by atoms with E-state index in [1.54, 1.807) is 7.05 Å². The minimum absolute atomic E-state index is 0.201. The van der Waals surface area contributed by atoms with E-state index in [1.807, 2.05) is 6.92 Å². The van der Waals surface area contributed by atoms with Gasteiger partial charge in [-0.05, 0) is 14.0 Å². The van der Waals surface area contributed by atoms with Gasteiger partial charge in [0.1, 0.15) is 6.34 Å². The molecule has 12 heavy (non-hydrogen) atoms. The van der Waals surface area contributed by atoms with Gasteiger partial charge in [0.05, 0.1) is 12.9 Å². The fourth-order valence-electron chi connectivity index (χ4n) is 0.500. The van der Waals surface area contributed by atoms with E-state index in [0.717, 1.165) is 0 Å². The van der Waals surface area contributed by atoms with Gasteiger partial charge in [-0.15, -0.1) is 0 Å². The zero-order valence-corrected chi connectivity index (χ0v) is 7.37. The lowest BCUT2D eigenvalue weighted by atomic mass is 10.6. The Labute approximate surface area is 72.0 Å². The van der Waals surface area contributed by atoms with Crippen LogP contribution in [0.5, 0.6) is 0 Å². The largest absolute Gasteiger partial charge is 0.352 e. The molecular formula is C7H14N4O. The van der Waals surface area contributed by atoms with Gasteiger partial charge < -0.3 is 10.6 Å². The second-order valence-electron chi connectivity index (χ2n) is 1.98. The summed E-state index contributed by atoms with van der Waals surface area (Å²) in [6, 6.07) is 0. The van der Waals surface area contributed by atoms with Crippen molar-refractivity contribution < 1.29 is 4.79 Å². The number of aliphatic imine (C=N–C) groups is 2. The summed E-state index contributed by atoms with van der Waals surface area (Å²) in [4.78, 5) is 18.2. The fourth-order valence-corrected chi connectivity index (χ4v) is 0.500. The van der Waals surface area contributed by atoms with E-state index in [1.165, 1.54) is 12.6 Å². The number of amides is 1. The number of nitrogens with one attached hydrogen (secondary N) is 2. The Hall–Kier alpha value is -1.23. The zero-order valence-electron chi connectivity index (χ0n) is 7.37. The number of nitrogens with zero attached hydrogens (tertiary/aromatic N) is 2. The minimum Gasteiger partial charge on any atom is -0.352 e. The van der Waals surface area contributed by atoms with E-state index in [4.69, 9.17) is 0 Å². The summed E-state index contributed by atoms with van der Waals surface area (Å²) in [5.41, 5.74) is 0. The number of hydrogen-bond donors (Lipinski definition) is 2. The van der Waals surface area contributed by atoms with Gasteiger partial charge in [0, 0.05) is 6.54 Å². The Morgan fingerprint density at radius 3 is 2.92 bits per heavy atom. The summed E-state index contributed by atoms with van der Waals surface area (Å²) in [5.74, 6) is -0.201. The Bertz CT molecular complexity index is 176. The molecule has 0 aromatic rings. The minimum atomic E-state index is -0.201. The van der Waals surface area contributed by atoms with Gasteiger partial charge in [0.15, 0.2) is 0 Å². The highest BCUT2D eigenvalue weighted by atomic mass is 16.1. The molecule has 0 aliphatic rings. The quantitative estimate of drug-likeness (QED) is 0.427. The van der Waals surface area contributed by atoms with Crippen molar-refractivity contribution in [1.29, 1.82) is 0 Å². The first kappa shape index (κ1) is 10.8. The highest BCUT2D eigenvalue weighted by Gasteiger charge is 1.88. The van der Waals surface area contributed by atoms with Gasteiger partial charge in [0.2, 0.25) is 0 Å². The topological polar surface area (TPSA) is 65.8 Å². The van der Waals surface area contributed by atoms with Crippen LogP contribution in [-0.4, -0.2) is 38.7 Å². The van der Waals surface area contributed by atoms with Crippen LogP contribution < -0.4 is 10.6 Å². The van der Waals surface area contributed by atoms with Crippen LogP contribution in [0.2, 0.25) is 0 Å². The van der Waals surface area contributed by atoms with Gasteiger partial charge in [-0.1, -0.05) is 0 Å². The van der Waals surface area contributed by atoms with E-state index in [-0.39, 0.29) is 5.91 Å². The molecule has 0 aliphatic heterocycles. The standard InChI is InChI=1S/C7H14N4O/c1-3-11-7(12)4-9-6-10-5-8-2/h4,6,8H,3,5H2,1-2H3,(H,11,12). The summed E-state index contributed by atoms with van der Waals surface area (Å²) in [5, 5.41) is 5.38. The van der Waals surface area contributed by atoms with E-state index in [2.05, 4.69) is 20.6 Å². The average Bonchev–Trinajstić information content (AvgIpc) is 2.05. The summed E-state index contributed by atoms with van der Waals surface area (Å²) >= 11 is 0. The molecule has 0 radical (unpaired) electrons. The van der Waals surface area contributed by atoms with Crippen molar-refractivity contribution in [2.24, 2.45) is 9.98 Å². The molecule has 0 rings (SSSR count). The Morgan fingerprint density at radius 2 is 2.33 bits per heavy atom. The molecule has 0 fully saturated rings. The van der Waals surface area contributed by atoms with Crippen LogP contribution in [-0.2, 0) is 4.79 Å². The second-order valence-corrected chi connectivity index (χ2v) is 1.98. The first-order valence-corrected chi connectivity index (χ1v) is 3.75. The summed E-state index contributed by atoms with van der Waals surface area (Å²) in [6.07, 6.45) is 2.54. The van der Waals surface area contributed by atoms with Crippen molar-refractivity contribution in [2.45, 2.75) is 6.92 Å². The molecule has 0 aromatic carbocycles. The third-order valence-electron chi connectivity index (χ3n) is 0.941. The van der Waals surface area contributed by atoms with E-state index in [0.29, 0.717) is 13.2 Å². The van der Waals surface area contributed by atoms with Crippen LogP contribution in [0.3, 0.4) is 0 Å². The van der Waals surface area contributed by atoms with Gasteiger partial charge in [0.25, 0.3) is 5.91 Å². The molecule has 68 valence electrons. The molecule has 0 atom stereocenters. The molecule has 0 aliphatic carbocycles. The van der Waals surface area contributed by atoms with Crippen molar-refractivity contribution >= 4 is 18.5 Å². The number of carbonyl (C=O) groups excluding carboxylic acids is 1. The first-order chi connectivity index (χ1) is 5.81. The van der Waals surface area contributed by atoms with E-state index in [9.17, 15) is 4.79 Å². The van der Waals surface area contributed by atoms with Crippen LogP contribution in [0.4, 0.5) is 0 Å². The Kier molecular flexibility index (Phi) is 7.07. The van der Waals surface area contributed by atoms with Crippen LogP contribution in [0.15, 0.2) is 9.98 Å². The highest BCUT2D eigenvalue weighted by Crippen LogP contribution is 1.64. The van der Waals surface area contributed by atoms with Crippen molar-refractivity contribution in [3.8, 4) is 0 Å². The molecule has 0 saturated carbocycles. The van der Waals surface area contributed by atoms with Gasteiger partial charge in [-0.25, -0.2) is 4.99 Å². The van der Waals surface area contributed by atoms with Gasteiger partial charge >= 0.3 is 0 Å². The molecule has 0 unspecified atom stereocenters. The molecule has 5 heteroatoms. The molecule has 0 aromatic heterocycles. The number of hydrogen-bond acceptors (Lipinski definition) is 3. The van der Waals surface area contributed by atoms with E-state index >= 15 is 0 Å². The van der Waals surface area contributed by atoms with Gasteiger partial charge in [-0.2, -0.15) is 0 Å². The summed E-state index contributed by atoms with van der Waals surface area (Å²) in [6.45, 7) is 2.96. The van der Waals surface area contributed by atoms with Crippen LogP contribution in [0, 0.1) is 0 Å². The normalized spacial score (nSPS) is 11.2. The number of rotatable bonds is 5. The summed E-state index contributed by atoms with van der Waals surface area (Å²) in [7, 11) is 1.78. The molecule has 1 amide bonds. The van der Waals surface area contributed by atoms with Crippen LogP contribution in [0.1, 0.15) is 6.92 Å². The maximum Gasteiger partial charge on any atom is 0.262 e. The van der Waals surface area contributed by atoms with Crippen molar-refractivity contribution in [1.82, 2.24) is 10.6 Å². The fraction of sp³-hybridized carbons (Fsp3) is 0.571. The number of carbonyl (C=O) groups is 1. The maximum atomic E-state index is 10.7. The van der Waals surface area contributed by atoms with E-state index < -0.39 is 0 Å². The third kappa shape index (κ3) is 6.88. The van der Waals surface area contributed by atoms with Crippen LogP contribution in [0.25, 0.3) is 0 Å². The van der Waals surface area contributed by atoms with Crippen molar-refractivity contribution in [3.05, 3.63) is 0 Å². The van der Waals surface area contributed by atoms with Gasteiger partial charge in [-0.3, -0.25) is 9.79 Å². The Balaban J connectivity index is 3.53. The molecule has 0 spiro atoms. The predicted octanol–water partition coefficient (Wildman–Crippen LogP) is -0.601. The average molecular weight is 170 g/mol. The third-order valence-corrected chi connectivity index (χ3v) is 0.941. The lowest BCUT2D eigenvalue weighted by Crippen LogP contribution is -2.23. The molecule has 5 nitrogen and oxygen atoms in total. The monoisotopic (exact) mass is 170 g/mol. The first-order valence-electron chi connectivity index (χ1n) is 3.75. The highest BCUT2D eigenvalue weighted by molar-refractivity contribution is 6.27. The smallest absolute Gasteiger partial charge is 0.262 e. The lowest BCUT2D eigenvalue weighted by molar-refractivity contribution is -0.114. The zero-order chi connectivity index (χ0) is 9.23. The maximum absolute atomic E-state index is 10.7. The van der Waals surface area contributed by atoms with Crippen molar-refractivity contribution in [3.63, 3.8) is 0 Å². The van der Waals surface area contributed by atoms with Crippen molar-refractivity contribution in [2.75, 3.05) is 20.3 Å². The summed E-state index contributed by atoms with van der Waals surface area (Å²) < 4.78 is 0. The molecule has 0 heterocycles. The molecular weight excluding hydrogens is 156 g/mol. The van der Waals surface area contributed by atoms with Crippen LogP contribution >= 0.6 is 0 Å². The Morgan fingerprint density at radius 1 is 1.58 bits per heavy atom. The molecule has 0 saturated heterocycles. The SMILES string of the molecule is CCNC(=O)C=NC=NCNC. The molecule has 0 bridgehead atoms. The molecule has 2 N–H and O–H groups in total. The predicted molar refractivity (Wildman–Crippen MR) is 49.6 cm³/mol.